The maximum absolute atomic E-state index is 4.06. The Morgan fingerprint density at radius 1 is 1.70 bits per heavy atom. The Bertz CT molecular complexity index is 225. The second-order valence-electron chi connectivity index (χ2n) is 2.75. The first-order chi connectivity index (χ1) is 4.88. The van der Waals surface area contributed by atoms with Gasteiger partial charge in [0.2, 0.25) is 0 Å². The van der Waals surface area contributed by atoms with Gasteiger partial charge in [0.05, 0.1) is 12.4 Å². The van der Waals surface area contributed by atoms with Crippen LogP contribution in [0.5, 0.6) is 0 Å². The van der Waals surface area contributed by atoms with Crippen LogP contribution < -0.4 is 5.32 Å². The van der Waals surface area contributed by atoms with Gasteiger partial charge < -0.3 is 9.88 Å². The maximum Gasteiger partial charge on any atom is 0.0951 e. The highest BCUT2D eigenvalue weighted by Gasteiger charge is 2.18. The van der Waals surface area contributed by atoms with Crippen molar-refractivity contribution in [3.8, 4) is 0 Å². The molecule has 1 aromatic heterocycles. The summed E-state index contributed by atoms with van der Waals surface area (Å²) in [6.07, 6.45) is 3.80. The molecule has 0 spiro atoms. The molecule has 0 saturated carbocycles. The molecule has 2 heterocycles. The Kier molecular flexibility index (Phi) is 1.24. The molecule has 0 aliphatic carbocycles. The lowest BCUT2D eigenvalue weighted by Crippen LogP contribution is -2.43. The second kappa shape index (κ2) is 2.09. The van der Waals surface area contributed by atoms with E-state index < -0.39 is 0 Å². The molecular weight excluding hydrogens is 126 g/mol. The fourth-order valence-corrected chi connectivity index (χ4v) is 1.22. The van der Waals surface area contributed by atoms with Crippen LogP contribution in [0.4, 0.5) is 0 Å². The minimum atomic E-state index is 0.655. The molecule has 1 fully saturated rings. The number of aromatic nitrogens is 2. The zero-order valence-corrected chi connectivity index (χ0v) is 6.04. The van der Waals surface area contributed by atoms with Crippen molar-refractivity contribution in [2.45, 2.75) is 13.0 Å². The van der Waals surface area contributed by atoms with E-state index in [1.165, 1.54) is 5.69 Å². The van der Waals surface area contributed by atoms with Crippen molar-refractivity contribution in [1.29, 1.82) is 0 Å². The Hall–Kier alpha value is -0.830. The van der Waals surface area contributed by atoms with E-state index in [0.717, 1.165) is 13.1 Å². The van der Waals surface area contributed by atoms with Crippen molar-refractivity contribution < 1.29 is 0 Å². The van der Waals surface area contributed by atoms with Gasteiger partial charge in [0, 0.05) is 25.0 Å². The zero-order valence-electron chi connectivity index (χ0n) is 6.04. The van der Waals surface area contributed by atoms with Gasteiger partial charge in [-0.25, -0.2) is 4.98 Å². The Balaban J connectivity index is 2.23. The highest BCUT2D eigenvalue weighted by Crippen LogP contribution is 2.12. The van der Waals surface area contributed by atoms with Crippen molar-refractivity contribution >= 4 is 0 Å². The number of nitrogens with zero attached hydrogens (tertiary/aromatic N) is 2. The summed E-state index contributed by atoms with van der Waals surface area (Å²) in [5.74, 6) is 0. The second-order valence-corrected chi connectivity index (χ2v) is 2.75. The van der Waals surface area contributed by atoms with Gasteiger partial charge in [-0.15, -0.1) is 0 Å². The van der Waals surface area contributed by atoms with Gasteiger partial charge in [-0.1, -0.05) is 0 Å². The van der Waals surface area contributed by atoms with E-state index in [4.69, 9.17) is 0 Å². The van der Waals surface area contributed by atoms with Gasteiger partial charge in [0.25, 0.3) is 0 Å². The molecule has 1 aliphatic rings. The summed E-state index contributed by atoms with van der Waals surface area (Å²) >= 11 is 0. The molecule has 0 aromatic carbocycles. The highest BCUT2D eigenvalue weighted by atomic mass is 15.2. The summed E-state index contributed by atoms with van der Waals surface area (Å²) in [7, 11) is 0. The summed E-state index contributed by atoms with van der Waals surface area (Å²) in [6, 6.07) is 0.655. The van der Waals surface area contributed by atoms with E-state index >= 15 is 0 Å². The number of nitrogens with one attached hydrogen (secondary N) is 1. The molecule has 1 aliphatic heterocycles. The van der Waals surface area contributed by atoms with E-state index in [1.807, 2.05) is 12.5 Å². The molecule has 0 radical (unpaired) electrons. The van der Waals surface area contributed by atoms with Gasteiger partial charge in [0.15, 0.2) is 0 Å². The smallest absolute Gasteiger partial charge is 0.0951 e. The fourth-order valence-electron chi connectivity index (χ4n) is 1.22. The van der Waals surface area contributed by atoms with Gasteiger partial charge in [-0.3, -0.25) is 0 Å². The predicted octanol–water partition coefficient (Wildman–Crippen LogP) is 0.336. The lowest BCUT2D eigenvalue weighted by Gasteiger charge is -2.29. The van der Waals surface area contributed by atoms with Crippen LogP contribution in [0.3, 0.4) is 0 Å². The van der Waals surface area contributed by atoms with Crippen molar-refractivity contribution in [2.24, 2.45) is 0 Å². The third kappa shape index (κ3) is 0.743. The molecule has 0 bridgehead atoms. The number of hydrogen-bond acceptors (Lipinski definition) is 2. The average Bonchev–Trinajstić information content (AvgIpc) is 2.12. The highest BCUT2D eigenvalue weighted by molar-refractivity contribution is 4.99. The largest absolute Gasteiger partial charge is 0.329 e. The van der Waals surface area contributed by atoms with Gasteiger partial charge in [-0.2, -0.15) is 0 Å². The summed E-state index contributed by atoms with van der Waals surface area (Å²) in [4.78, 5) is 4.06. The Labute approximate surface area is 60.1 Å². The number of aryl methyl sites for hydroxylation is 1. The first-order valence-electron chi connectivity index (χ1n) is 3.57. The number of imidazole rings is 1. The van der Waals surface area contributed by atoms with Crippen LogP contribution in [0.25, 0.3) is 0 Å². The summed E-state index contributed by atoms with van der Waals surface area (Å²) in [6.45, 7) is 4.28. The van der Waals surface area contributed by atoms with Crippen LogP contribution in [0.15, 0.2) is 12.5 Å². The van der Waals surface area contributed by atoms with Gasteiger partial charge in [0.1, 0.15) is 0 Å². The average molecular weight is 137 g/mol. The molecule has 1 saturated heterocycles. The molecule has 54 valence electrons. The SMILES string of the molecule is Cc1cncn1C1CNC1. The van der Waals surface area contributed by atoms with Crippen molar-refractivity contribution in [1.82, 2.24) is 14.9 Å². The van der Waals surface area contributed by atoms with Crippen LogP contribution in [0.2, 0.25) is 0 Å². The Morgan fingerprint density at radius 3 is 2.90 bits per heavy atom. The van der Waals surface area contributed by atoms with Crippen LogP contribution in [-0.2, 0) is 0 Å². The topological polar surface area (TPSA) is 29.9 Å². The molecule has 0 atom stereocenters. The lowest BCUT2D eigenvalue weighted by molar-refractivity contribution is 0.339. The van der Waals surface area contributed by atoms with E-state index in [-0.39, 0.29) is 0 Å². The van der Waals surface area contributed by atoms with Crippen LogP contribution in [0, 0.1) is 6.92 Å². The Morgan fingerprint density at radius 2 is 2.50 bits per heavy atom. The molecule has 1 aromatic rings. The molecule has 2 rings (SSSR count). The molecule has 3 heteroatoms. The molecule has 10 heavy (non-hydrogen) atoms. The minimum Gasteiger partial charge on any atom is -0.329 e. The van der Waals surface area contributed by atoms with Crippen molar-refractivity contribution in [3.63, 3.8) is 0 Å². The van der Waals surface area contributed by atoms with E-state index in [2.05, 4.69) is 21.8 Å². The molecule has 0 unspecified atom stereocenters. The van der Waals surface area contributed by atoms with E-state index in [1.54, 1.807) is 0 Å². The molecule has 3 nitrogen and oxygen atoms in total. The zero-order chi connectivity index (χ0) is 6.97. The van der Waals surface area contributed by atoms with Crippen molar-refractivity contribution in [2.75, 3.05) is 13.1 Å². The van der Waals surface area contributed by atoms with Crippen LogP contribution >= 0.6 is 0 Å². The number of rotatable bonds is 1. The van der Waals surface area contributed by atoms with E-state index in [0.29, 0.717) is 6.04 Å². The molecular formula is C7H11N3. The van der Waals surface area contributed by atoms with Crippen LogP contribution in [-0.4, -0.2) is 22.6 Å². The summed E-state index contributed by atoms with van der Waals surface area (Å²) < 4.78 is 2.22. The van der Waals surface area contributed by atoms with E-state index in [9.17, 15) is 0 Å². The van der Waals surface area contributed by atoms with Gasteiger partial charge >= 0.3 is 0 Å². The first-order valence-corrected chi connectivity index (χ1v) is 3.57. The van der Waals surface area contributed by atoms with Crippen molar-refractivity contribution in [3.05, 3.63) is 18.2 Å². The van der Waals surface area contributed by atoms with Crippen LogP contribution in [0.1, 0.15) is 11.7 Å². The van der Waals surface area contributed by atoms with Gasteiger partial charge in [-0.05, 0) is 6.92 Å². The standard InChI is InChI=1S/C7H11N3/c1-6-2-9-5-10(6)7-3-8-4-7/h2,5,7-8H,3-4H2,1H3. The predicted molar refractivity (Wildman–Crippen MR) is 38.9 cm³/mol. The monoisotopic (exact) mass is 137 g/mol. The fraction of sp³-hybridized carbons (Fsp3) is 0.571. The molecule has 0 amide bonds. The third-order valence-corrected chi connectivity index (χ3v) is 2.01. The quantitative estimate of drug-likeness (QED) is 0.604. The first kappa shape index (κ1) is 5.92. The third-order valence-electron chi connectivity index (χ3n) is 2.01. The number of hydrogen-bond donors (Lipinski definition) is 1. The summed E-state index contributed by atoms with van der Waals surface area (Å²) in [5.41, 5.74) is 1.26. The molecule has 1 N–H and O–H groups in total. The normalized spacial score (nSPS) is 18.9. The lowest BCUT2D eigenvalue weighted by atomic mass is 10.2. The minimum absolute atomic E-state index is 0.655. The summed E-state index contributed by atoms with van der Waals surface area (Å²) in [5, 5.41) is 3.23. The maximum atomic E-state index is 4.06.